The van der Waals surface area contributed by atoms with E-state index in [2.05, 4.69) is 97.7 Å². The van der Waals surface area contributed by atoms with E-state index in [9.17, 15) is 9.50 Å². The number of aromatic nitrogens is 1. The summed E-state index contributed by atoms with van der Waals surface area (Å²) in [5, 5.41) is 11.0. The van der Waals surface area contributed by atoms with Crippen molar-refractivity contribution in [3.63, 3.8) is 0 Å². The molecule has 0 amide bonds. The Morgan fingerprint density at radius 2 is 1.73 bits per heavy atom. The van der Waals surface area contributed by atoms with Gasteiger partial charge in [0.15, 0.2) is 0 Å². The number of hydrogen-bond donors (Lipinski definition) is 2. The molecule has 0 fully saturated rings. The van der Waals surface area contributed by atoms with E-state index in [0.717, 1.165) is 36.6 Å². The average Bonchev–Trinajstić information content (AvgIpc) is 3.30. The number of hydrogen-bond acceptors (Lipinski definition) is 2. The van der Waals surface area contributed by atoms with Crippen molar-refractivity contribution in [1.82, 2.24) is 4.98 Å². The lowest BCUT2D eigenvalue weighted by Gasteiger charge is -2.25. The maximum absolute atomic E-state index is 12.3. The minimum atomic E-state index is -0.265. The van der Waals surface area contributed by atoms with E-state index in [1.54, 1.807) is 19.1 Å². The number of aryl methyl sites for hydroxylation is 2. The number of ether oxygens (including phenoxy) is 1. The zero-order chi connectivity index (χ0) is 29.3. The van der Waals surface area contributed by atoms with Gasteiger partial charge in [0.05, 0.1) is 5.76 Å². The summed E-state index contributed by atoms with van der Waals surface area (Å²) in [5.41, 5.74) is 6.73. The van der Waals surface area contributed by atoms with Crippen molar-refractivity contribution in [2.45, 2.75) is 72.6 Å². The topological polar surface area (TPSA) is 45.2 Å². The molecular formula is C35H43BrFNO2. The number of halogens is 2. The molecule has 214 valence electrons. The number of rotatable bonds is 11. The molecule has 0 radical (unpaired) electrons. The van der Waals surface area contributed by atoms with E-state index >= 15 is 0 Å². The van der Waals surface area contributed by atoms with Crippen LogP contribution in [0.5, 0.6) is 5.75 Å². The fourth-order valence-corrected chi connectivity index (χ4v) is 5.15. The molecule has 0 aliphatic rings. The molecule has 0 aliphatic carbocycles. The van der Waals surface area contributed by atoms with Gasteiger partial charge in [0.1, 0.15) is 11.6 Å². The predicted molar refractivity (Wildman–Crippen MR) is 170 cm³/mol. The second-order valence-corrected chi connectivity index (χ2v) is 11.9. The van der Waals surface area contributed by atoms with Crippen LogP contribution >= 0.6 is 15.9 Å². The Bertz CT molecular complexity index is 1370. The molecule has 4 rings (SSSR count). The van der Waals surface area contributed by atoms with Crippen LogP contribution < -0.4 is 4.74 Å². The first kappa shape index (κ1) is 31.6. The van der Waals surface area contributed by atoms with Gasteiger partial charge in [-0.3, -0.25) is 0 Å². The summed E-state index contributed by atoms with van der Waals surface area (Å²) in [4.78, 5) is 3.70. The normalized spacial score (nSPS) is 13.3. The second kappa shape index (κ2) is 14.7. The molecule has 2 N–H and O–H groups in total. The van der Waals surface area contributed by atoms with E-state index in [4.69, 9.17) is 4.74 Å². The minimum absolute atomic E-state index is 0.0274. The van der Waals surface area contributed by atoms with Crippen molar-refractivity contribution >= 4 is 26.8 Å². The molecule has 2 unspecified atom stereocenters. The van der Waals surface area contributed by atoms with E-state index in [1.165, 1.54) is 45.4 Å². The van der Waals surface area contributed by atoms with Crippen LogP contribution in [0.1, 0.15) is 82.2 Å². The molecule has 5 heteroatoms. The molecule has 0 saturated heterocycles. The van der Waals surface area contributed by atoms with Crippen LogP contribution in [0.3, 0.4) is 0 Å². The molecule has 1 aromatic heterocycles. The lowest BCUT2D eigenvalue weighted by atomic mass is 9.82. The summed E-state index contributed by atoms with van der Waals surface area (Å²) >= 11 is 3.63. The lowest BCUT2D eigenvalue weighted by Crippen LogP contribution is -2.21. The molecule has 4 aromatic rings. The molecule has 0 bridgehead atoms. The Morgan fingerprint density at radius 1 is 1.05 bits per heavy atom. The van der Waals surface area contributed by atoms with Crippen molar-refractivity contribution in [1.29, 1.82) is 0 Å². The van der Waals surface area contributed by atoms with Gasteiger partial charge in [0.25, 0.3) is 0 Å². The monoisotopic (exact) mass is 607 g/mol. The third-order valence-corrected chi connectivity index (χ3v) is 8.17. The number of fused-ring (bicyclic) bond motifs is 1. The number of allylic oxidation sites excluding steroid dienone is 1. The van der Waals surface area contributed by atoms with Crippen LogP contribution in [0.25, 0.3) is 10.9 Å². The Morgan fingerprint density at radius 3 is 2.30 bits per heavy atom. The van der Waals surface area contributed by atoms with Crippen molar-refractivity contribution in [3.05, 3.63) is 112 Å². The van der Waals surface area contributed by atoms with Gasteiger partial charge >= 0.3 is 0 Å². The summed E-state index contributed by atoms with van der Waals surface area (Å²) in [5.74, 6) is 1.27. The van der Waals surface area contributed by atoms with Gasteiger partial charge in [-0.1, -0.05) is 80.9 Å². The maximum atomic E-state index is 12.3. The van der Waals surface area contributed by atoms with Gasteiger partial charge in [-0.2, -0.15) is 0 Å². The molecular weight excluding hydrogens is 565 g/mol. The van der Waals surface area contributed by atoms with Gasteiger partial charge < -0.3 is 14.8 Å². The quantitative estimate of drug-likeness (QED) is 0.167. The fraction of sp³-hybridized carbons (Fsp3) is 0.371. The Kier molecular flexibility index (Phi) is 11.6. The van der Waals surface area contributed by atoms with E-state index in [1.807, 2.05) is 0 Å². The highest BCUT2D eigenvalue weighted by molar-refractivity contribution is 9.10. The molecule has 1 heterocycles. The SMILES string of the molecule is C=C(C)Oc1ccc(F)cc1.CCCc1c(C(C)c2ccc(CCC(C)(CC)CO)cc2)[nH]c2ccc(Br)cc12. The molecule has 3 nitrogen and oxygen atoms in total. The molecule has 2 atom stereocenters. The molecule has 0 spiro atoms. The standard InChI is InChI=1S/C26H34BrNO.C9H9FO/c1-5-7-22-23-16-21(27)12-13-24(23)28-25(22)18(3)20-10-8-19(9-11-20)14-15-26(4,6-2)17-29;1-7(2)11-9-5-3-8(10)4-6-9/h8-13,16,18,28-29H,5-7,14-15,17H2,1-4H3;3-6H,1H2,2H3. The smallest absolute Gasteiger partial charge is 0.127 e. The highest BCUT2D eigenvalue weighted by Crippen LogP contribution is 2.34. The molecule has 3 aromatic carbocycles. The van der Waals surface area contributed by atoms with Gasteiger partial charge in [-0.25, -0.2) is 4.39 Å². The van der Waals surface area contributed by atoms with Gasteiger partial charge in [0, 0.05) is 33.6 Å². The number of aromatic amines is 1. The van der Waals surface area contributed by atoms with Crippen molar-refractivity contribution in [3.8, 4) is 5.75 Å². The minimum Gasteiger partial charge on any atom is -0.463 e. The molecule has 0 saturated carbocycles. The van der Waals surface area contributed by atoms with Gasteiger partial charge in [-0.05, 0) is 97.2 Å². The van der Waals surface area contributed by atoms with E-state index in [-0.39, 0.29) is 17.8 Å². The number of benzene rings is 3. The first-order valence-electron chi connectivity index (χ1n) is 14.2. The van der Waals surface area contributed by atoms with Gasteiger partial charge in [-0.15, -0.1) is 0 Å². The lowest BCUT2D eigenvalue weighted by molar-refractivity contribution is 0.128. The summed E-state index contributed by atoms with van der Waals surface area (Å²) in [6.45, 7) is 14.4. The van der Waals surface area contributed by atoms with Crippen LogP contribution in [-0.2, 0) is 12.8 Å². The Hall–Kier alpha value is -2.89. The zero-order valence-corrected chi connectivity index (χ0v) is 26.1. The summed E-state index contributed by atoms with van der Waals surface area (Å²) in [7, 11) is 0. The maximum Gasteiger partial charge on any atom is 0.127 e. The van der Waals surface area contributed by atoms with Crippen molar-refractivity contribution in [2.75, 3.05) is 6.61 Å². The summed E-state index contributed by atoms with van der Waals surface area (Å²) < 4.78 is 18.6. The van der Waals surface area contributed by atoms with Crippen molar-refractivity contribution < 1.29 is 14.2 Å². The van der Waals surface area contributed by atoms with Crippen molar-refractivity contribution in [2.24, 2.45) is 5.41 Å². The zero-order valence-electron chi connectivity index (χ0n) is 24.5. The first-order chi connectivity index (χ1) is 19.1. The van der Waals surface area contributed by atoms with Crippen LogP contribution in [0, 0.1) is 11.2 Å². The summed E-state index contributed by atoms with van der Waals surface area (Å²) in [6.07, 6.45) is 5.27. The largest absolute Gasteiger partial charge is 0.463 e. The number of nitrogens with one attached hydrogen (secondary N) is 1. The Balaban J connectivity index is 0.000000336. The highest BCUT2D eigenvalue weighted by Gasteiger charge is 2.21. The van der Waals surface area contributed by atoms with Crippen LogP contribution in [-0.4, -0.2) is 16.7 Å². The molecule has 0 aliphatic heterocycles. The number of H-pyrrole nitrogens is 1. The van der Waals surface area contributed by atoms with E-state index < -0.39 is 0 Å². The average molecular weight is 609 g/mol. The van der Waals surface area contributed by atoms with Crippen LogP contribution in [0.15, 0.2) is 83.5 Å². The number of aliphatic hydroxyl groups excluding tert-OH is 1. The predicted octanol–water partition coefficient (Wildman–Crippen LogP) is 10.1. The van der Waals surface area contributed by atoms with Crippen LogP contribution in [0.4, 0.5) is 4.39 Å². The highest BCUT2D eigenvalue weighted by atomic mass is 79.9. The third kappa shape index (κ3) is 8.55. The van der Waals surface area contributed by atoms with Crippen LogP contribution in [0.2, 0.25) is 0 Å². The third-order valence-electron chi connectivity index (χ3n) is 7.67. The fourth-order valence-electron chi connectivity index (χ4n) is 4.79. The summed E-state index contributed by atoms with van der Waals surface area (Å²) in [6, 6.07) is 21.4. The first-order valence-corrected chi connectivity index (χ1v) is 15.0. The molecule has 40 heavy (non-hydrogen) atoms. The van der Waals surface area contributed by atoms with E-state index in [0.29, 0.717) is 17.4 Å². The second-order valence-electron chi connectivity index (χ2n) is 11.0. The number of aliphatic hydroxyl groups is 1. The van der Waals surface area contributed by atoms with Gasteiger partial charge in [0.2, 0.25) is 0 Å². The Labute approximate surface area is 247 Å².